The van der Waals surface area contributed by atoms with Gasteiger partial charge in [0.2, 0.25) is 0 Å². The van der Waals surface area contributed by atoms with Crippen LogP contribution in [0.3, 0.4) is 0 Å². The lowest BCUT2D eigenvalue weighted by Gasteiger charge is -2.27. The third-order valence-electron chi connectivity index (χ3n) is 5.45. The van der Waals surface area contributed by atoms with E-state index in [0.717, 1.165) is 34.4 Å². The van der Waals surface area contributed by atoms with Crippen molar-refractivity contribution >= 4 is 5.97 Å². The molecule has 0 spiro atoms. The maximum atomic E-state index is 11.6. The quantitative estimate of drug-likeness (QED) is 0.801. The van der Waals surface area contributed by atoms with Gasteiger partial charge in [0.25, 0.3) is 0 Å². The number of cyclic esters (lactones) is 1. The van der Waals surface area contributed by atoms with E-state index in [1.54, 1.807) is 0 Å². The second-order valence-corrected chi connectivity index (χ2v) is 8.61. The minimum atomic E-state index is -0.627. The summed E-state index contributed by atoms with van der Waals surface area (Å²) in [7, 11) is 0. The fourth-order valence-corrected chi connectivity index (χ4v) is 4.25. The number of fused-ring (bicyclic) bond motifs is 1. The number of phenolic OH excluding ortho intramolecular Hbond substituents is 1. The lowest BCUT2D eigenvalue weighted by Crippen LogP contribution is -2.32. The number of aromatic hydroxyl groups is 1. The van der Waals surface area contributed by atoms with Crippen LogP contribution in [0.4, 0.5) is 0 Å². The topological polar surface area (TPSA) is 76.0 Å². The zero-order chi connectivity index (χ0) is 19.2. The number of hydrogen-bond acceptors (Lipinski definition) is 5. The van der Waals surface area contributed by atoms with Gasteiger partial charge in [-0.2, -0.15) is 0 Å². The number of rotatable bonds is 4. The summed E-state index contributed by atoms with van der Waals surface area (Å²) in [4.78, 5) is 11.6. The van der Waals surface area contributed by atoms with E-state index in [4.69, 9.17) is 9.47 Å². The number of ether oxygens (including phenoxy) is 2. The van der Waals surface area contributed by atoms with Gasteiger partial charge in [-0.1, -0.05) is 13.8 Å². The first-order valence-corrected chi connectivity index (χ1v) is 9.52. The molecule has 2 heterocycles. The number of carbonyl (C=O) groups is 1. The first-order valence-electron chi connectivity index (χ1n) is 9.52. The van der Waals surface area contributed by atoms with Crippen LogP contribution in [0.2, 0.25) is 0 Å². The number of carbonyl (C=O) groups excluding carboxylic acids is 1. The molecule has 1 fully saturated rings. The normalized spacial score (nSPS) is 24.3. The molecule has 0 bridgehead atoms. The van der Waals surface area contributed by atoms with Crippen molar-refractivity contribution in [1.82, 2.24) is 0 Å². The van der Waals surface area contributed by atoms with E-state index in [-0.39, 0.29) is 30.0 Å². The molecule has 26 heavy (non-hydrogen) atoms. The number of hydrogen-bond donors (Lipinski definition) is 2. The fraction of sp³-hybridized carbons (Fsp3) is 0.667. The molecular formula is C21H30O5. The predicted octanol–water partition coefficient (Wildman–Crippen LogP) is 3.54. The Morgan fingerprint density at radius 1 is 1.31 bits per heavy atom. The van der Waals surface area contributed by atoms with E-state index < -0.39 is 6.10 Å². The summed E-state index contributed by atoms with van der Waals surface area (Å²) in [6.45, 7) is 10.2. The van der Waals surface area contributed by atoms with Gasteiger partial charge in [-0.15, -0.1) is 0 Å². The smallest absolute Gasteiger partial charge is 0.308 e. The van der Waals surface area contributed by atoms with Crippen molar-refractivity contribution in [2.75, 3.05) is 0 Å². The van der Waals surface area contributed by atoms with Gasteiger partial charge in [-0.25, -0.2) is 0 Å². The Labute approximate surface area is 155 Å². The van der Waals surface area contributed by atoms with Crippen molar-refractivity contribution in [3.63, 3.8) is 0 Å². The maximum absolute atomic E-state index is 11.6. The van der Waals surface area contributed by atoms with Crippen LogP contribution in [0.1, 0.15) is 75.1 Å². The first-order chi connectivity index (χ1) is 12.1. The van der Waals surface area contributed by atoms with Gasteiger partial charge in [-0.05, 0) is 45.1 Å². The number of esters is 1. The molecule has 0 radical (unpaired) electrons. The number of aliphatic hydroxyl groups is 1. The molecule has 0 aliphatic carbocycles. The highest BCUT2D eigenvalue weighted by atomic mass is 16.5. The van der Waals surface area contributed by atoms with Crippen molar-refractivity contribution in [1.29, 1.82) is 0 Å². The zero-order valence-corrected chi connectivity index (χ0v) is 16.4. The second kappa shape index (κ2) is 6.76. The molecular weight excluding hydrogens is 332 g/mol. The molecule has 2 aliphatic heterocycles. The molecule has 2 aliphatic rings. The van der Waals surface area contributed by atoms with E-state index >= 15 is 0 Å². The van der Waals surface area contributed by atoms with Gasteiger partial charge in [0.05, 0.1) is 12.5 Å². The lowest BCUT2D eigenvalue weighted by molar-refractivity contribution is -0.160. The van der Waals surface area contributed by atoms with Crippen LogP contribution in [0.25, 0.3) is 0 Å². The number of aliphatic hydroxyl groups excluding tert-OH is 1. The van der Waals surface area contributed by atoms with Gasteiger partial charge in [0.15, 0.2) is 0 Å². The molecule has 144 valence electrons. The minimum Gasteiger partial charge on any atom is -0.507 e. The third kappa shape index (κ3) is 3.54. The Morgan fingerprint density at radius 3 is 2.62 bits per heavy atom. The highest BCUT2D eigenvalue weighted by Gasteiger charge is 2.37. The van der Waals surface area contributed by atoms with E-state index in [1.807, 2.05) is 6.92 Å². The summed E-state index contributed by atoms with van der Waals surface area (Å²) in [5.41, 5.74) is 3.61. The Balaban J connectivity index is 1.94. The number of phenols is 1. The van der Waals surface area contributed by atoms with Crippen molar-refractivity contribution in [3.05, 3.63) is 22.3 Å². The van der Waals surface area contributed by atoms with Crippen LogP contribution in [0, 0.1) is 6.92 Å². The highest BCUT2D eigenvalue weighted by molar-refractivity contribution is 5.71. The van der Waals surface area contributed by atoms with Crippen molar-refractivity contribution in [3.8, 4) is 11.5 Å². The largest absolute Gasteiger partial charge is 0.507 e. The van der Waals surface area contributed by atoms with E-state index in [9.17, 15) is 15.0 Å². The Hall–Kier alpha value is -1.75. The molecule has 1 saturated heterocycles. The molecule has 0 saturated carbocycles. The van der Waals surface area contributed by atoms with E-state index in [0.29, 0.717) is 25.0 Å². The standard InChI is InChI=1S/C21H30O5/c1-11(2)18-15(7-6-14-8-13(22)9-17(23)25-14)20-16(12(3)19(18)24)10-21(4,5)26-20/h11,13-14,22,24H,6-10H2,1-5H3/t13-,14-/m1/s1. The molecule has 2 N–H and O–H groups in total. The molecule has 1 aromatic carbocycles. The fourth-order valence-electron chi connectivity index (χ4n) is 4.25. The van der Waals surface area contributed by atoms with Crippen molar-refractivity contribution in [2.45, 2.75) is 90.4 Å². The van der Waals surface area contributed by atoms with Crippen LogP contribution in [-0.2, 0) is 22.4 Å². The zero-order valence-electron chi connectivity index (χ0n) is 16.4. The maximum Gasteiger partial charge on any atom is 0.308 e. The lowest BCUT2D eigenvalue weighted by atomic mass is 9.86. The SMILES string of the molecule is Cc1c(O)c(C(C)C)c(CC[C@@H]2C[C@@H](O)CC(=O)O2)c2c1CC(C)(C)O2. The van der Waals surface area contributed by atoms with Crippen molar-refractivity contribution in [2.24, 2.45) is 0 Å². The summed E-state index contributed by atoms with van der Waals surface area (Å²) in [6, 6.07) is 0. The summed E-state index contributed by atoms with van der Waals surface area (Å²) < 4.78 is 11.7. The Morgan fingerprint density at radius 2 is 2.00 bits per heavy atom. The van der Waals surface area contributed by atoms with E-state index in [1.165, 1.54) is 0 Å². The first kappa shape index (κ1) is 19.0. The average Bonchev–Trinajstić information content (AvgIpc) is 2.83. The molecule has 5 nitrogen and oxygen atoms in total. The molecule has 0 aromatic heterocycles. The average molecular weight is 362 g/mol. The van der Waals surface area contributed by atoms with Gasteiger partial charge >= 0.3 is 5.97 Å². The van der Waals surface area contributed by atoms with Gasteiger partial charge in [0, 0.05) is 29.5 Å². The van der Waals surface area contributed by atoms with Gasteiger partial charge in [-0.3, -0.25) is 4.79 Å². The molecule has 1 aromatic rings. The molecule has 0 unspecified atom stereocenters. The van der Waals surface area contributed by atoms with Gasteiger partial charge in [0.1, 0.15) is 23.2 Å². The molecule has 0 amide bonds. The minimum absolute atomic E-state index is 0.0752. The van der Waals surface area contributed by atoms with Crippen LogP contribution < -0.4 is 4.74 Å². The van der Waals surface area contributed by atoms with Gasteiger partial charge < -0.3 is 19.7 Å². The van der Waals surface area contributed by atoms with Crippen LogP contribution in [-0.4, -0.2) is 34.0 Å². The number of benzene rings is 1. The Bertz CT molecular complexity index is 720. The summed E-state index contributed by atoms with van der Waals surface area (Å²) in [5, 5.41) is 20.7. The molecule has 2 atom stereocenters. The molecule has 5 heteroatoms. The third-order valence-corrected chi connectivity index (χ3v) is 5.45. The summed E-state index contributed by atoms with van der Waals surface area (Å²) >= 11 is 0. The van der Waals surface area contributed by atoms with E-state index in [2.05, 4.69) is 27.7 Å². The Kier molecular flexibility index (Phi) is 4.95. The second-order valence-electron chi connectivity index (χ2n) is 8.61. The highest BCUT2D eigenvalue weighted by Crippen LogP contribution is 2.48. The molecule has 3 rings (SSSR count). The van der Waals surface area contributed by atoms with Crippen LogP contribution >= 0.6 is 0 Å². The van der Waals surface area contributed by atoms with Crippen molar-refractivity contribution < 1.29 is 24.5 Å². The summed E-state index contributed by atoms with van der Waals surface area (Å²) in [5.74, 6) is 1.06. The summed E-state index contributed by atoms with van der Waals surface area (Å²) in [6.07, 6.45) is 1.65. The van der Waals surface area contributed by atoms with Crippen LogP contribution in [0.15, 0.2) is 0 Å². The predicted molar refractivity (Wildman–Crippen MR) is 98.8 cm³/mol. The van der Waals surface area contributed by atoms with Crippen LogP contribution in [0.5, 0.6) is 11.5 Å². The monoisotopic (exact) mass is 362 g/mol.